The SMILES string of the molecule is C=C(C)C(=O)OC(COCCC[Si](C)(C)O[Si](C)(C)O[Si](C)(C)CCCC)COCCNC(C)=O. The van der Waals surface area contributed by atoms with Gasteiger partial charge in [-0.3, -0.25) is 4.79 Å². The third-order valence-corrected chi connectivity index (χ3v) is 16.6. The highest BCUT2D eigenvalue weighted by Crippen LogP contribution is 2.26. The molecule has 0 aliphatic rings. The molecule has 1 unspecified atom stereocenters. The number of ether oxygens (including phenoxy) is 3. The van der Waals surface area contributed by atoms with Gasteiger partial charge in [-0.2, -0.15) is 0 Å². The molecular formula is C24H51NO7Si3. The topological polar surface area (TPSA) is 92.3 Å². The lowest BCUT2D eigenvalue weighted by Gasteiger charge is -2.38. The van der Waals surface area contributed by atoms with Gasteiger partial charge in [0.15, 0.2) is 16.6 Å². The summed E-state index contributed by atoms with van der Waals surface area (Å²) in [6, 6.07) is 2.14. The number of hydrogen-bond donors (Lipinski definition) is 1. The standard InChI is InChI=1S/C24H51NO7Si3/c1-11-12-17-33(5,6)31-35(9,10)32-34(7,8)18-13-15-28-19-23(30-24(27)21(2)3)20-29-16-14-25-22(4)26/h23H,2,11-20H2,1,3-10H3,(H,25,26). The summed E-state index contributed by atoms with van der Waals surface area (Å²) >= 11 is 0. The number of unbranched alkanes of at least 4 members (excludes halogenated alkanes) is 1. The Morgan fingerprint density at radius 3 is 1.86 bits per heavy atom. The van der Waals surface area contributed by atoms with Gasteiger partial charge in [0.1, 0.15) is 6.10 Å². The van der Waals surface area contributed by atoms with E-state index in [2.05, 4.69) is 58.1 Å². The molecule has 0 aliphatic heterocycles. The quantitative estimate of drug-likeness (QED) is 0.0991. The lowest BCUT2D eigenvalue weighted by molar-refractivity contribution is -0.151. The molecule has 0 saturated carbocycles. The van der Waals surface area contributed by atoms with Crippen LogP contribution in [-0.2, 0) is 32.0 Å². The lowest BCUT2D eigenvalue weighted by Crippen LogP contribution is -2.52. The van der Waals surface area contributed by atoms with E-state index in [9.17, 15) is 9.59 Å². The van der Waals surface area contributed by atoms with Gasteiger partial charge in [0.25, 0.3) is 0 Å². The number of esters is 1. The van der Waals surface area contributed by atoms with Crippen LogP contribution in [0.5, 0.6) is 0 Å². The third-order valence-electron chi connectivity index (χ3n) is 5.09. The molecule has 1 amide bonds. The summed E-state index contributed by atoms with van der Waals surface area (Å²) in [5.74, 6) is -0.582. The summed E-state index contributed by atoms with van der Waals surface area (Å²) in [5, 5.41) is 2.66. The van der Waals surface area contributed by atoms with E-state index in [1.54, 1.807) is 6.92 Å². The van der Waals surface area contributed by atoms with Crippen LogP contribution in [0.2, 0.25) is 51.4 Å². The molecule has 1 atom stereocenters. The van der Waals surface area contributed by atoms with Crippen LogP contribution in [0, 0.1) is 0 Å². The zero-order valence-corrected chi connectivity index (χ0v) is 26.7. The van der Waals surface area contributed by atoms with E-state index in [0.29, 0.717) is 25.3 Å². The summed E-state index contributed by atoms with van der Waals surface area (Å²) in [5.41, 5.74) is 0.327. The van der Waals surface area contributed by atoms with Gasteiger partial charge in [-0.15, -0.1) is 0 Å². The van der Waals surface area contributed by atoms with E-state index in [0.717, 1.165) is 12.5 Å². The maximum atomic E-state index is 11.9. The van der Waals surface area contributed by atoms with Crippen molar-refractivity contribution >= 4 is 37.1 Å². The maximum Gasteiger partial charge on any atom is 0.333 e. The van der Waals surface area contributed by atoms with Crippen molar-refractivity contribution in [3.63, 3.8) is 0 Å². The third kappa shape index (κ3) is 19.0. The smallest absolute Gasteiger partial charge is 0.333 e. The van der Waals surface area contributed by atoms with E-state index < -0.39 is 37.3 Å². The molecule has 0 spiro atoms. The van der Waals surface area contributed by atoms with E-state index >= 15 is 0 Å². The first-order valence-electron chi connectivity index (χ1n) is 12.8. The Morgan fingerprint density at radius 1 is 0.857 bits per heavy atom. The molecule has 0 aliphatic carbocycles. The minimum absolute atomic E-state index is 0.113. The highest BCUT2D eigenvalue weighted by molar-refractivity contribution is 6.87. The predicted octanol–water partition coefficient (Wildman–Crippen LogP) is 4.98. The first-order chi connectivity index (χ1) is 16.1. The number of amides is 1. The lowest BCUT2D eigenvalue weighted by atomic mass is 10.3. The van der Waals surface area contributed by atoms with Crippen molar-refractivity contribution in [2.24, 2.45) is 0 Å². The number of carbonyl (C=O) groups is 2. The monoisotopic (exact) mass is 549 g/mol. The van der Waals surface area contributed by atoms with Crippen molar-refractivity contribution in [3.05, 3.63) is 12.2 Å². The second kappa shape index (κ2) is 16.8. The Hall–Kier alpha value is -0.829. The number of nitrogens with one attached hydrogen (secondary N) is 1. The van der Waals surface area contributed by atoms with Gasteiger partial charge < -0.3 is 27.8 Å². The highest BCUT2D eigenvalue weighted by atomic mass is 28.5. The van der Waals surface area contributed by atoms with Gasteiger partial charge in [-0.05, 0) is 64.7 Å². The summed E-state index contributed by atoms with van der Waals surface area (Å²) in [7, 11) is -5.81. The van der Waals surface area contributed by atoms with Crippen molar-refractivity contribution in [2.75, 3.05) is 33.0 Å². The molecule has 0 rings (SSSR count). The minimum Gasteiger partial charge on any atom is -0.454 e. The fourth-order valence-electron chi connectivity index (χ4n) is 3.75. The van der Waals surface area contributed by atoms with Gasteiger partial charge in [0.2, 0.25) is 5.91 Å². The molecule has 35 heavy (non-hydrogen) atoms. The molecule has 0 bridgehead atoms. The van der Waals surface area contributed by atoms with Crippen LogP contribution in [0.15, 0.2) is 12.2 Å². The molecule has 0 radical (unpaired) electrons. The van der Waals surface area contributed by atoms with Crippen LogP contribution in [-0.4, -0.2) is 76.1 Å². The Labute approximate surface area is 217 Å². The van der Waals surface area contributed by atoms with Gasteiger partial charge in [0.05, 0.1) is 19.8 Å². The first kappa shape index (κ1) is 34.2. The van der Waals surface area contributed by atoms with Crippen LogP contribution in [0.25, 0.3) is 0 Å². The summed E-state index contributed by atoms with van der Waals surface area (Å²) in [6.07, 6.45) is 2.74. The average Bonchev–Trinajstić information content (AvgIpc) is 2.69. The largest absolute Gasteiger partial charge is 0.454 e. The Morgan fingerprint density at radius 2 is 1.37 bits per heavy atom. The molecule has 206 valence electrons. The Kier molecular flexibility index (Phi) is 16.4. The molecule has 0 aromatic carbocycles. The van der Waals surface area contributed by atoms with Crippen molar-refractivity contribution in [1.82, 2.24) is 5.32 Å². The fraction of sp³-hybridized carbons (Fsp3) is 0.833. The second-order valence-corrected chi connectivity index (χ2v) is 23.2. The Balaban J connectivity index is 4.52. The first-order valence-corrected chi connectivity index (χ1v) is 21.8. The Bertz CT molecular complexity index is 657. The molecule has 0 saturated heterocycles. The summed E-state index contributed by atoms with van der Waals surface area (Å²) in [4.78, 5) is 22.9. The number of carbonyl (C=O) groups excluding carboxylic acids is 2. The molecule has 0 aromatic heterocycles. The van der Waals surface area contributed by atoms with Crippen molar-refractivity contribution < 1.29 is 32.0 Å². The van der Waals surface area contributed by atoms with Crippen LogP contribution >= 0.6 is 0 Å². The highest BCUT2D eigenvalue weighted by Gasteiger charge is 2.39. The van der Waals surface area contributed by atoms with Crippen LogP contribution in [0.1, 0.15) is 40.0 Å². The van der Waals surface area contributed by atoms with Gasteiger partial charge in [0, 0.05) is 25.6 Å². The number of rotatable bonds is 20. The van der Waals surface area contributed by atoms with E-state index in [-0.39, 0.29) is 19.1 Å². The van der Waals surface area contributed by atoms with E-state index in [4.69, 9.17) is 22.4 Å². The molecule has 0 aromatic rings. The maximum absolute atomic E-state index is 11.9. The van der Waals surface area contributed by atoms with Crippen LogP contribution < -0.4 is 5.32 Å². The minimum atomic E-state index is -2.19. The van der Waals surface area contributed by atoms with Crippen molar-refractivity contribution in [2.45, 2.75) is 97.5 Å². The van der Waals surface area contributed by atoms with Crippen molar-refractivity contribution in [3.8, 4) is 0 Å². The molecule has 0 heterocycles. The zero-order chi connectivity index (χ0) is 27.1. The molecule has 11 heteroatoms. The van der Waals surface area contributed by atoms with Crippen LogP contribution in [0.3, 0.4) is 0 Å². The summed E-state index contributed by atoms with van der Waals surface area (Å²) in [6.45, 7) is 24.0. The van der Waals surface area contributed by atoms with Gasteiger partial charge in [-0.1, -0.05) is 26.3 Å². The fourth-order valence-corrected chi connectivity index (χ4v) is 18.0. The molecule has 0 fully saturated rings. The second-order valence-electron chi connectivity index (χ2n) is 10.8. The average molecular weight is 550 g/mol. The summed E-state index contributed by atoms with van der Waals surface area (Å²) < 4.78 is 30.0. The van der Waals surface area contributed by atoms with Gasteiger partial charge in [-0.25, -0.2) is 4.79 Å². The van der Waals surface area contributed by atoms with E-state index in [1.807, 2.05) is 0 Å². The van der Waals surface area contributed by atoms with E-state index in [1.165, 1.54) is 25.8 Å². The zero-order valence-electron chi connectivity index (χ0n) is 23.7. The predicted molar refractivity (Wildman–Crippen MR) is 149 cm³/mol. The normalized spacial score (nSPS) is 13.4. The number of hydrogen-bond acceptors (Lipinski definition) is 7. The van der Waals surface area contributed by atoms with Crippen LogP contribution in [0.4, 0.5) is 0 Å². The van der Waals surface area contributed by atoms with Crippen molar-refractivity contribution in [1.29, 1.82) is 0 Å². The van der Waals surface area contributed by atoms with Gasteiger partial charge >= 0.3 is 14.5 Å². The molecule has 1 N–H and O–H groups in total. The molecular weight excluding hydrogens is 499 g/mol. The molecule has 8 nitrogen and oxygen atoms in total.